The van der Waals surface area contributed by atoms with Gasteiger partial charge in [-0.05, 0) is 24.6 Å². The molecule has 4 heteroatoms. The van der Waals surface area contributed by atoms with Gasteiger partial charge in [-0.15, -0.1) is 0 Å². The monoisotopic (exact) mass is 270 g/mol. The van der Waals surface area contributed by atoms with E-state index >= 15 is 0 Å². The highest BCUT2D eigenvalue weighted by molar-refractivity contribution is 6.05. The molecule has 0 aliphatic carbocycles. The van der Waals surface area contributed by atoms with Gasteiger partial charge in [-0.1, -0.05) is 36.4 Å². The van der Waals surface area contributed by atoms with Crippen LogP contribution in [0, 0.1) is 0 Å². The largest absolute Gasteiger partial charge is 0.478 e. The van der Waals surface area contributed by atoms with E-state index in [1.807, 2.05) is 6.07 Å². The van der Waals surface area contributed by atoms with Crippen LogP contribution >= 0.6 is 0 Å². The van der Waals surface area contributed by atoms with Crippen LogP contribution < -0.4 is 0 Å². The molecule has 0 heterocycles. The van der Waals surface area contributed by atoms with E-state index in [0.29, 0.717) is 11.1 Å². The minimum atomic E-state index is -1.07. The van der Waals surface area contributed by atoms with Crippen LogP contribution in [0.1, 0.15) is 27.6 Å². The van der Waals surface area contributed by atoms with Gasteiger partial charge in [0.2, 0.25) is 0 Å². The summed E-state index contributed by atoms with van der Waals surface area (Å²) in [6.07, 6.45) is 0. The van der Waals surface area contributed by atoms with Crippen molar-refractivity contribution >= 4 is 11.9 Å². The molecule has 0 aromatic heterocycles. The predicted octanol–water partition coefficient (Wildman–Crippen LogP) is 3.23. The summed E-state index contributed by atoms with van der Waals surface area (Å²) in [5, 5.41) is 9.31. The number of aromatic carboxylic acids is 1. The summed E-state index contributed by atoms with van der Waals surface area (Å²) in [6.45, 7) is 1.95. The Morgan fingerprint density at radius 1 is 1.00 bits per heavy atom. The molecule has 0 aliphatic heterocycles. The zero-order valence-electron chi connectivity index (χ0n) is 11.0. The first kappa shape index (κ1) is 13.8. The van der Waals surface area contributed by atoms with Crippen LogP contribution in [-0.2, 0) is 4.74 Å². The average molecular weight is 270 g/mol. The third-order valence-corrected chi connectivity index (χ3v) is 2.85. The van der Waals surface area contributed by atoms with Gasteiger partial charge in [0.05, 0.1) is 17.7 Å². The Balaban J connectivity index is 2.67. The average Bonchev–Trinajstić information content (AvgIpc) is 2.47. The SMILES string of the molecule is CCOC(=O)c1cccc(C(=O)O)c1-c1ccccc1. The summed E-state index contributed by atoms with van der Waals surface area (Å²) in [4.78, 5) is 23.4. The van der Waals surface area contributed by atoms with Crippen molar-refractivity contribution in [2.24, 2.45) is 0 Å². The lowest BCUT2D eigenvalue weighted by atomic mass is 9.94. The Labute approximate surface area is 116 Å². The van der Waals surface area contributed by atoms with Gasteiger partial charge in [0.15, 0.2) is 0 Å². The first-order valence-corrected chi connectivity index (χ1v) is 6.24. The quantitative estimate of drug-likeness (QED) is 0.866. The van der Waals surface area contributed by atoms with Crippen LogP contribution in [-0.4, -0.2) is 23.7 Å². The third kappa shape index (κ3) is 2.69. The maximum atomic E-state index is 12.0. The van der Waals surface area contributed by atoms with Gasteiger partial charge < -0.3 is 9.84 Å². The molecule has 20 heavy (non-hydrogen) atoms. The fraction of sp³-hybridized carbons (Fsp3) is 0.125. The van der Waals surface area contributed by atoms with Crippen LogP contribution in [0.2, 0.25) is 0 Å². The molecule has 0 amide bonds. The number of hydrogen-bond acceptors (Lipinski definition) is 3. The number of rotatable bonds is 4. The highest BCUT2D eigenvalue weighted by Crippen LogP contribution is 2.28. The second kappa shape index (κ2) is 6.02. The van der Waals surface area contributed by atoms with Crippen molar-refractivity contribution < 1.29 is 19.4 Å². The van der Waals surface area contributed by atoms with Crippen molar-refractivity contribution in [3.05, 3.63) is 59.7 Å². The highest BCUT2D eigenvalue weighted by Gasteiger charge is 2.20. The van der Waals surface area contributed by atoms with E-state index in [-0.39, 0.29) is 17.7 Å². The molecule has 2 rings (SSSR count). The molecule has 2 aromatic carbocycles. The van der Waals surface area contributed by atoms with E-state index in [1.54, 1.807) is 43.3 Å². The van der Waals surface area contributed by atoms with Gasteiger partial charge in [0.1, 0.15) is 0 Å². The molecular formula is C16H14O4. The number of carbonyl (C=O) groups excluding carboxylic acids is 1. The molecule has 0 spiro atoms. The zero-order valence-corrected chi connectivity index (χ0v) is 11.0. The molecule has 2 aromatic rings. The summed E-state index contributed by atoms with van der Waals surface area (Å²) < 4.78 is 4.99. The maximum absolute atomic E-state index is 12.0. The molecule has 0 radical (unpaired) electrons. The fourth-order valence-electron chi connectivity index (χ4n) is 2.03. The van der Waals surface area contributed by atoms with E-state index in [1.165, 1.54) is 6.07 Å². The highest BCUT2D eigenvalue weighted by atomic mass is 16.5. The lowest BCUT2D eigenvalue weighted by Crippen LogP contribution is -2.10. The number of ether oxygens (including phenoxy) is 1. The molecule has 0 saturated heterocycles. The van der Waals surface area contributed by atoms with E-state index < -0.39 is 11.9 Å². The van der Waals surface area contributed by atoms with Gasteiger partial charge in [-0.2, -0.15) is 0 Å². The Morgan fingerprint density at radius 3 is 2.25 bits per heavy atom. The van der Waals surface area contributed by atoms with E-state index in [4.69, 9.17) is 4.74 Å². The summed E-state index contributed by atoms with van der Waals surface area (Å²) >= 11 is 0. The second-order valence-electron chi connectivity index (χ2n) is 4.12. The zero-order chi connectivity index (χ0) is 14.5. The first-order chi connectivity index (χ1) is 9.65. The minimum Gasteiger partial charge on any atom is -0.478 e. The van der Waals surface area contributed by atoms with Crippen molar-refractivity contribution in [3.8, 4) is 11.1 Å². The number of carboxylic acid groups (broad SMARTS) is 1. The Morgan fingerprint density at radius 2 is 1.65 bits per heavy atom. The van der Waals surface area contributed by atoms with Crippen LogP contribution in [0.15, 0.2) is 48.5 Å². The predicted molar refractivity (Wildman–Crippen MR) is 74.8 cm³/mol. The number of carbonyl (C=O) groups is 2. The Kier molecular flexibility index (Phi) is 4.15. The minimum absolute atomic E-state index is 0.0850. The molecule has 0 fully saturated rings. The van der Waals surface area contributed by atoms with Gasteiger partial charge >= 0.3 is 11.9 Å². The molecular weight excluding hydrogens is 256 g/mol. The van der Waals surface area contributed by atoms with Crippen molar-refractivity contribution in [2.45, 2.75) is 6.92 Å². The molecule has 0 unspecified atom stereocenters. The molecule has 0 atom stereocenters. The standard InChI is InChI=1S/C16H14O4/c1-2-20-16(19)13-10-6-9-12(15(17)18)14(13)11-7-4-3-5-8-11/h3-10H,2H2,1H3,(H,17,18). The summed E-state index contributed by atoms with van der Waals surface area (Å²) in [7, 11) is 0. The van der Waals surface area contributed by atoms with Crippen LogP contribution in [0.25, 0.3) is 11.1 Å². The number of benzene rings is 2. The topological polar surface area (TPSA) is 63.6 Å². The number of esters is 1. The van der Waals surface area contributed by atoms with Gasteiger partial charge in [0.25, 0.3) is 0 Å². The van der Waals surface area contributed by atoms with Crippen molar-refractivity contribution in [3.63, 3.8) is 0 Å². The molecule has 4 nitrogen and oxygen atoms in total. The summed E-state index contributed by atoms with van der Waals surface area (Å²) in [5.41, 5.74) is 1.41. The molecule has 0 aliphatic rings. The smallest absolute Gasteiger partial charge is 0.338 e. The van der Waals surface area contributed by atoms with Crippen LogP contribution in [0.3, 0.4) is 0 Å². The summed E-state index contributed by atoms with van der Waals surface area (Å²) in [6, 6.07) is 13.6. The van der Waals surface area contributed by atoms with Crippen molar-refractivity contribution in [2.75, 3.05) is 6.61 Å². The van der Waals surface area contributed by atoms with Crippen LogP contribution in [0.5, 0.6) is 0 Å². The van der Waals surface area contributed by atoms with Gasteiger partial charge in [-0.25, -0.2) is 9.59 Å². The maximum Gasteiger partial charge on any atom is 0.338 e. The van der Waals surface area contributed by atoms with Crippen molar-refractivity contribution in [1.29, 1.82) is 0 Å². The lowest BCUT2D eigenvalue weighted by Gasteiger charge is -2.12. The summed E-state index contributed by atoms with van der Waals surface area (Å²) in [5.74, 6) is -1.59. The fourth-order valence-corrected chi connectivity index (χ4v) is 2.03. The first-order valence-electron chi connectivity index (χ1n) is 6.24. The van der Waals surface area contributed by atoms with Crippen molar-refractivity contribution in [1.82, 2.24) is 0 Å². The molecule has 0 bridgehead atoms. The van der Waals surface area contributed by atoms with E-state index in [9.17, 15) is 14.7 Å². The Hall–Kier alpha value is -2.62. The van der Waals surface area contributed by atoms with E-state index in [2.05, 4.69) is 0 Å². The molecule has 0 saturated carbocycles. The normalized spacial score (nSPS) is 10.1. The lowest BCUT2D eigenvalue weighted by molar-refractivity contribution is 0.0527. The molecule has 102 valence electrons. The van der Waals surface area contributed by atoms with E-state index in [0.717, 1.165) is 0 Å². The molecule has 1 N–H and O–H groups in total. The van der Waals surface area contributed by atoms with Gasteiger partial charge in [0, 0.05) is 5.56 Å². The van der Waals surface area contributed by atoms with Crippen LogP contribution in [0.4, 0.5) is 0 Å². The third-order valence-electron chi connectivity index (χ3n) is 2.85. The number of carboxylic acids is 1. The Bertz CT molecular complexity index is 632. The second-order valence-corrected chi connectivity index (χ2v) is 4.12. The van der Waals surface area contributed by atoms with Gasteiger partial charge in [-0.3, -0.25) is 0 Å². The number of hydrogen-bond donors (Lipinski definition) is 1.